The van der Waals surface area contributed by atoms with Gasteiger partial charge in [0.05, 0.1) is 0 Å². The van der Waals surface area contributed by atoms with E-state index < -0.39 is 0 Å². The second-order valence-electron chi connectivity index (χ2n) is 7.85. The minimum Gasteiger partial charge on any atom is -0.351 e. The molecule has 30 heavy (non-hydrogen) atoms. The summed E-state index contributed by atoms with van der Waals surface area (Å²) in [7, 11) is 0. The number of rotatable bonds is 7. The molecule has 0 atom stereocenters. The van der Waals surface area contributed by atoms with Crippen molar-refractivity contribution in [1.82, 2.24) is 15.1 Å². The summed E-state index contributed by atoms with van der Waals surface area (Å²) in [5.41, 5.74) is 2.57. The van der Waals surface area contributed by atoms with Gasteiger partial charge in [-0.3, -0.25) is 14.6 Å². The van der Waals surface area contributed by atoms with Crippen molar-refractivity contribution in [3.63, 3.8) is 0 Å². The number of piperazine rings is 1. The zero-order valence-corrected chi connectivity index (χ0v) is 19.1. The Bertz CT molecular complexity index is 873. The van der Waals surface area contributed by atoms with Gasteiger partial charge in [-0.15, -0.1) is 0 Å². The van der Waals surface area contributed by atoms with Gasteiger partial charge in [0.2, 0.25) is 0 Å². The third-order valence-electron chi connectivity index (χ3n) is 5.44. The maximum absolute atomic E-state index is 12.4. The lowest BCUT2D eigenvalue weighted by atomic mass is 10.1. The van der Waals surface area contributed by atoms with Crippen LogP contribution in [0.5, 0.6) is 0 Å². The number of benzene rings is 2. The van der Waals surface area contributed by atoms with Crippen LogP contribution >= 0.6 is 23.2 Å². The van der Waals surface area contributed by atoms with Crippen molar-refractivity contribution in [3.8, 4) is 0 Å². The molecule has 0 aromatic heterocycles. The van der Waals surface area contributed by atoms with Gasteiger partial charge in [0.15, 0.2) is 0 Å². The first kappa shape index (κ1) is 22.8. The molecule has 0 unspecified atom stereocenters. The summed E-state index contributed by atoms with van der Waals surface area (Å²) in [4.78, 5) is 17.3. The van der Waals surface area contributed by atoms with Crippen LogP contribution in [-0.4, -0.2) is 61.0 Å². The fourth-order valence-corrected chi connectivity index (χ4v) is 3.97. The van der Waals surface area contributed by atoms with Crippen molar-refractivity contribution < 1.29 is 4.79 Å². The number of nitrogens with zero attached hydrogens (tertiary/aromatic N) is 2. The molecule has 1 N–H and O–H groups in total. The maximum Gasteiger partial charge on any atom is 0.251 e. The van der Waals surface area contributed by atoms with Crippen LogP contribution in [0.25, 0.3) is 12.2 Å². The van der Waals surface area contributed by atoms with Crippen LogP contribution in [0.15, 0.2) is 42.5 Å². The molecule has 3 rings (SSSR count). The predicted octanol–water partition coefficient (Wildman–Crippen LogP) is 4.92. The van der Waals surface area contributed by atoms with Crippen molar-refractivity contribution in [2.45, 2.75) is 19.9 Å². The van der Waals surface area contributed by atoms with E-state index in [1.807, 2.05) is 48.6 Å². The molecule has 0 spiro atoms. The van der Waals surface area contributed by atoms with Crippen molar-refractivity contribution in [2.75, 3.05) is 39.3 Å². The SMILES string of the molecule is CC(C)N1CCN(CCNC(=O)c2ccc(/C=C/c3ccc(Cl)cc3Cl)cc2)CC1. The van der Waals surface area contributed by atoms with E-state index >= 15 is 0 Å². The van der Waals surface area contributed by atoms with E-state index in [1.54, 1.807) is 6.07 Å². The van der Waals surface area contributed by atoms with Gasteiger partial charge in [-0.2, -0.15) is 0 Å². The molecule has 160 valence electrons. The minimum absolute atomic E-state index is 0.0351. The molecule has 1 heterocycles. The highest BCUT2D eigenvalue weighted by molar-refractivity contribution is 6.35. The molecule has 2 aromatic rings. The maximum atomic E-state index is 12.4. The summed E-state index contributed by atoms with van der Waals surface area (Å²) >= 11 is 12.1. The summed E-state index contributed by atoms with van der Waals surface area (Å²) in [5, 5.41) is 4.26. The monoisotopic (exact) mass is 445 g/mol. The Morgan fingerprint density at radius 3 is 2.37 bits per heavy atom. The molecule has 1 saturated heterocycles. The Hall–Kier alpha value is -1.85. The van der Waals surface area contributed by atoms with Gasteiger partial charge in [-0.05, 0) is 49.2 Å². The number of hydrogen-bond donors (Lipinski definition) is 1. The molecule has 1 fully saturated rings. The van der Waals surface area contributed by atoms with Gasteiger partial charge in [0, 0.05) is 60.9 Å². The van der Waals surface area contributed by atoms with Gasteiger partial charge in [0.1, 0.15) is 0 Å². The number of halogens is 2. The fraction of sp³-hybridized carbons (Fsp3) is 0.375. The Labute approximate surface area is 189 Å². The van der Waals surface area contributed by atoms with Gasteiger partial charge in [-0.1, -0.05) is 53.6 Å². The summed E-state index contributed by atoms with van der Waals surface area (Å²) in [5.74, 6) is -0.0351. The fourth-order valence-electron chi connectivity index (χ4n) is 3.50. The van der Waals surface area contributed by atoms with Crippen molar-refractivity contribution in [3.05, 3.63) is 69.2 Å². The van der Waals surface area contributed by atoms with Gasteiger partial charge in [-0.25, -0.2) is 0 Å². The Morgan fingerprint density at radius 1 is 1.03 bits per heavy atom. The molecule has 0 aliphatic carbocycles. The number of carbonyl (C=O) groups excluding carboxylic acids is 1. The third kappa shape index (κ3) is 6.58. The minimum atomic E-state index is -0.0351. The van der Waals surface area contributed by atoms with Gasteiger partial charge >= 0.3 is 0 Å². The summed E-state index contributed by atoms with van der Waals surface area (Å²) in [6, 6.07) is 13.6. The van der Waals surface area contributed by atoms with Crippen LogP contribution in [0.4, 0.5) is 0 Å². The Kier molecular flexibility index (Phi) is 8.34. The predicted molar refractivity (Wildman–Crippen MR) is 127 cm³/mol. The second kappa shape index (κ2) is 11.0. The highest BCUT2D eigenvalue weighted by Crippen LogP contribution is 2.23. The number of amides is 1. The van der Waals surface area contributed by atoms with Crippen LogP contribution in [0, 0.1) is 0 Å². The zero-order chi connectivity index (χ0) is 21.5. The van der Waals surface area contributed by atoms with E-state index in [9.17, 15) is 4.79 Å². The molecule has 6 heteroatoms. The molecule has 0 saturated carbocycles. The van der Waals surface area contributed by atoms with E-state index in [-0.39, 0.29) is 5.91 Å². The van der Waals surface area contributed by atoms with E-state index in [0.717, 1.165) is 43.9 Å². The second-order valence-corrected chi connectivity index (χ2v) is 8.69. The quantitative estimate of drug-likeness (QED) is 0.614. The molecule has 0 bridgehead atoms. The van der Waals surface area contributed by atoms with E-state index in [0.29, 0.717) is 28.2 Å². The first-order valence-electron chi connectivity index (χ1n) is 10.4. The number of nitrogens with one attached hydrogen (secondary N) is 1. The average Bonchev–Trinajstić information content (AvgIpc) is 2.74. The highest BCUT2D eigenvalue weighted by Gasteiger charge is 2.18. The van der Waals surface area contributed by atoms with Crippen molar-refractivity contribution in [2.24, 2.45) is 0 Å². The van der Waals surface area contributed by atoms with Gasteiger partial charge in [0.25, 0.3) is 5.91 Å². The Morgan fingerprint density at radius 2 is 1.73 bits per heavy atom. The summed E-state index contributed by atoms with van der Waals surface area (Å²) < 4.78 is 0. The number of carbonyl (C=O) groups is 1. The van der Waals surface area contributed by atoms with E-state index in [1.165, 1.54) is 0 Å². The molecule has 0 radical (unpaired) electrons. The summed E-state index contributed by atoms with van der Waals surface area (Å²) in [6.07, 6.45) is 3.90. The first-order chi connectivity index (χ1) is 14.4. The zero-order valence-electron chi connectivity index (χ0n) is 17.6. The molecule has 4 nitrogen and oxygen atoms in total. The lowest BCUT2D eigenvalue weighted by Gasteiger charge is -2.36. The van der Waals surface area contributed by atoms with E-state index in [2.05, 4.69) is 29.0 Å². The topological polar surface area (TPSA) is 35.6 Å². The molecule has 1 aliphatic rings. The number of hydrogen-bond acceptors (Lipinski definition) is 3. The molecule has 1 amide bonds. The van der Waals surface area contributed by atoms with Crippen LogP contribution < -0.4 is 5.32 Å². The van der Waals surface area contributed by atoms with E-state index in [4.69, 9.17) is 23.2 Å². The average molecular weight is 446 g/mol. The van der Waals surface area contributed by atoms with Crippen molar-refractivity contribution in [1.29, 1.82) is 0 Å². The van der Waals surface area contributed by atoms with Gasteiger partial charge < -0.3 is 5.32 Å². The van der Waals surface area contributed by atoms with Crippen LogP contribution in [0.2, 0.25) is 10.0 Å². The molecule has 2 aromatic carbocycles. The standard InChI is InChI=1S/C24H29Cl2N3O/c1-18(2)29-15-13-28(14-16-29)12-11-27-24(30)21-7-4-19(5-8-21)3-6-20-9-10-22(25)17-23(20)26/h3-10,17-18H,11-16H2,1-2H3,(H,27,30)/b6-3+. The lowest BCUT2D eigenvalue weighted by Crippen LogP contribution is -2.50. The van der Waals surface area contributed by atoms with Crippen molar-refractivity contribution >= 4 is 41.3 Å². The smallest absolute Gasteiger partial charge is 0.251 e. The highest BCUT2D eigenvalue weighted by atomic mass is 35.5. The lowest BCUT2D eigenvalue weighted by molar-refractivity contribution is 0.0920. The van der Waals surface area contributed by atoms with Crippen LogP contribution in [-0.2, 0) is 0 Å². The largest absolute Gasteiger partial charge is 0.351 e. The molecular formula is C24H29Cl2N3O. The summed E-state index contributed by atoms with van der Waals surface area (Å²) in [6.45, 7) is 10.4. The Balaban J connectivity index is 1.45. The normalized spacial score (nSPS) is 15.8. The van der Waals surface area contributed by atoms with Crippen LogP contribution in [0.1, 0.15) is 35.3 Å². The third-order valence-corrected chi connectivity index (χ3v) is 6.00. The molecule has 1 aliphatic heterocycles. The molecular weight excluding hydrogens is 417 g/mol. The first-order valence-corrected chi connectivity index (χ1v) is 11.2. The van der Waals surface area contributed by atoms with Crippen LogP contribution in [0.3, 0.4) is 0 Å².